The Hall–Kier alpha value is -2.53. The molecule has 2 aromatic carbocycles. The number of fused-ring (bicyclic) bond motifs is 2. The Bertz CT molecular complexity index is 1010. The van der Waals surface area contributed by atoms with Crippen LogP contribution in [0.4, 0.5) is 5.69 Å². The Kier molecular flexibility index (Phi) is 4.09. The van der Waals surface area contributed by atoms with Crippen LogP contribution in [0, 0.1) is 0 Å². The Morgan fingerprint density at radius 3 is 2.80 bits per heavy atom. The van der Waals surface area contributed by atoms with Crippen molar-refractivity contribution in [2.45, 2.75) is 23.5 Å². The molecule has 0 saturated carbocycles. The number of thioether (sulfide) groups is 1. The second kappa shape index (κ2) is 6.41. The molecular formula is C20H17NO3S. The minimum atomic E-state index is -0.273. The lowest BCUT2D eigenvalue weighted by Gasteiger charge is -2.21. The molecular weight excluding hydrogens is 334 g/mol. The normalized spacial score (nSPS) is 17.2. The van der Waals surface area contributed by atoms with Crippen molar-refractivity contribution in [3.05, 3.63) is 70.6 Å². The van der Waals surface area contributed by atoms with Crippen LogP contribution in [0.15, 0.2) is 68.7 Å². The number of carbonyl (C=O) groups excluding carboxylic acids is 1. The first-order valence-electron chi connectivity index (χ1n) is 8.24. The standard InChI is InChI=1S/C20H17NO3S/c1-13-10-11-21(15-7-3-5-9-19(15)25-13)20(23)18-12-16(22)14-6-2-4-8-17(14)24-18/h2-9,12-13H,10-11H2,1H3/t13-/m1/s1. The Morgan fingerprint density at radius 1 is 1.16 bits per heavy atom. The molecule has 1 aromatic heterocycles. The van der Waals surface area contributed by atoms with Crippen LogP contribution in [0.5, 0.6) is 0 Å². The molecule has 5 heteroatoms. The second-order valence-corrected chi connectivity index (χ2v) is 7.59. The Morgan fingerprint density at radius 2 is 1.92 bits per heavy atom. The van der Waals surface area contributed by atoms with Crippen LogP contribution in [-0.2, 0) is 0 Å². The van der Waals surface area contributed by atoms with E-state index in [4.69, 9.17) is 4.42 Å². The third kappa shape index (κ3) is 2.96. The summed E-state index contributed by atoms with van der Waals surface area (Å²) in [5, 5.41) is 0.905. The maximum atomic E-state index is 13.1. The fourth-order valence-electron chi connectivity index (χ4n) is 3.04. The summed E-state index contributed by atoms with van der Waals surface area (Å²) in [5.74, 6) is -0.192. The number of anilines is 1. The van der Waals surface area contributed by atoms with Gasteiger partial charge in [-0.1, -0.05) is 31.2 Å². The van der Waals surface area contributed by atoms with Crippen LogP contribution in [0.1, 0.15) is 23.9 Å². The van der Waals surface area contributed by atoms with Gasteiger partial charge in [0.15, 0.2) is 11.2 Å². The summed E-state index contributed by atoms with van der Waals surface area (Å²) in [6.07, 6.45) is 0.878. The number of benzene rings is 2. The van der Waals surface area contributed by atoms with Gasteiger partial charge in [0, 0.05) is 22.8 Å². The first-order valence-corrected chi connectivity index (χ1v) is 9.12. The molecule has 0 radical (unpaired) electrons. The van der Waals surface area contributed by atoms with E-state index in [0.717, 1.165) is 17.0 Å². The van der Waals surface area contributed by atoms with E-state index in [-0.39, 0.29) is 17.1 Å². The predicted molar refractivity (Wildman–Crippen MR) is 101 cm³/mol. The van der Waals surface area contributed by atoms with Gasteiger partial charge in [-0.05, 0) is 30.7 Å². The average molecular weight is 351 g/mol. The molecule has 4 rings (SSSR count). The van der Waals surface area contributed by atoms with Gasteiger partial charge in [0.2, 0.25) is 0 Å². The van der Waals surface area contributed by atoms with Crippen LogP contribution < -0.4 is 10.3 Å². The van der Waals surface area contributed by atoms with Crippen molar-refractivity contribution in [1.29, 1.82) is 0 Å². The van der Waals surface area contributed by atoms with Crippen molar-refractivity contribution in [1.82, 2.24) is 0 Å². The molecule has 25 heavy (non-hydrogen) atoms. The van der Waals surface area contributed by atoms with E-state index in [2.05, 4.69) is 6.92 Å². The van der Waals surface area contributed by atoms with Crippen molar-refractivity contribution in [3.63, 3.8) is 0 Å². The molecule has 0 N–H and O–H groups in total. The van der Waals surface area contributed by atoms with Crippen molar-refractivity contribution in [3.8, 4) is 0 Å². The van der Waals surface area contributed by atoms with Gasteiger partial charge in [-0.15, -0.1) is 11.8 Å². The SMILES string of the molecule is C[C@@H]1CCN(C(=O)c2cc(=O)c3ccccc3o2)c2ccccc2S1. The summed E-state index contributed by atoms with van der Waals surface area (Å²) < 4.78 is 5.74. The third-order valence-corrected chi connectivity index (χ3v) is 5.57. The van der Waals surface area contributed by atoms with Crippen molar-refractivity contribution >= 4 is 34.3 Å². The van der Waals surface area contributed by atoms with E-state index in [1.807, 2.05) is 24.3 Å². The zero-order chi connectivity index (χ0) is 17.4. The van der Waals surface area contributed by atoms with E-state index in [0.29, 0.717) is 22.8 Å². The highest BCUT2D eigenvalue weighted by Crippen LogP contribution is 2.37. The molecule has 1 amide bonds. The summed E-state index contributed by atoms with van der Waals surface area (Å²) in [7, 11) is 0. The molecule has 4 nitrogen and oxygen atoms in total. The zero-order valence-electron chi connectivity index (χ0n) is 13.8. The van der Waals surface area contributed by atoms with Crippen molar-refractivity contribution in [2.24, 2.45) is 0 Å². The highest BCUT2D eigenvalue weighted by Gasteiger charge is 2.26. The molecule has 1 atom stereocenters. The largest absolute Gasteiger partial charge is 0.451 e. The van der Waals surface area contributed by atoms with Crippen molar-refractivity contribution < 1.29 is 9.21 Å². The lowest BCUT2D eigenvalue weighted by atomic mass is 10.2. The minimum absolute atomic E-state index is 0.0815. The molecule has 1 aliphatic rings. The predicted octanol–water partition coefficient (Wildman–Crippen LogP) is 4.32. The number of nitrogens with zero attached hydrogens (tertiary/aromatic N) is 1. The topological polar surface area (TPSA) is 50.5 Å². The number of carbonyl (C=O) groups is 1. The molecule has 0 unspecified atom stereocenters. The lowest BCUT2D eigenvalue weighted by molar-refractivity contribution is 0.0960. The first kappa shape index (κ1) is 16.0. The number of para-hydroxylation sites is 2. The van der Waals surface area contributed by atoms with Gasteiger partial charge in [0.1, 0.15) is 5.58 Å². The summed E-state index contributed by atoms with van der Waals surface area (Å²) >= 11 is 1.77. The molecule has 1 aliphatic heterocycles. The van der Waals surface area contributed by atoms with Gasteiger partial charge in [-0.25, -0.2) is 0 Å². The number of rotatable bonds is 1. The maximum Gasteiger partial charge on any atom is 0.294 e. The van der Waals surface area contributed by atoms with Gasteiger partial charge < -0.3 is 9.32 Å². The summed E-state index contributed by atoms with van der Waals surface area (Å²) in [4.78, 5) is 28.2. The molecule has 3 aromatic rings. The zero-order valence-corrected chi connectivity index (χ0v) is 14.6. The highest BCUT2D eigenvalue weighted by molar-refractivity contribution is 8.00. The van der Waals surface area contributed by atoms with Gasteiger partial charge in [-0.3, -0.25) is 9.59 Å². The van der Waals surface area contributed by atoms with Crippen LogP contribution in [-0.4, -0.2) is 17.7 Å². The molecule has 126 valence electrons. The van der Waals surface area contributed by atoms with Gasteiger partial charge in [-0.2, -0.15) is 0 Å². The van der Waals surface area contributed by atoms with E-state index < -0.39 is 0 Å². The molecule has 0 saturated heterocycles. The molecule has 0 aliphatic carbocycles. The minimum Gasteiger partial charge on any atom is -0.451 e. The van der Waals surface area contributed by atoms with Crippen LogP contribution >= 0.6 is 11.8 Å². The highest BCUT2D eigenvalue weighted by atomic mass is 32.2. The summed E-state index contributed by atoms with van der Waals surface area (Å²) in [6.45, 7) is 2.76. The number of amides is 1. The number of hydrogen-bond donors (Lipinski definition) is 0. The third-order valence-electron chi connectivity index (χ3n) is 4.33. The van der Waals surface area contributed by atoms with Gasteiger partial charge in [0.25, 0.3) is 5.91 Å². The Balaban J connectivity index is 1.80. The van der Waals surface area contributed by atoms with Crippen LogP contribution in [0.2, 0.25) is 0 Å². The molecule has 2 heterocycles. The molecule has 0 fully saturated rings. The smallest absolute Gasteiger partial charge is 0.294 e. The van der Waals surface area contributed by atoms with E-state index in [9.17, 15) is 9.59 Å². The fraction of sp³-hybridized carbons (Fsp3) is 0.200. The monoisotopic (exact) mass is 351 g/mol. The number of hydrogen-bond acceptors (Lipinski definition) is 4. The maximum absolute atomic E-state index is 13.1. The second-order valence-electron chi connectivity index (χ2n) is 6.11. The quantitative estimate of drug-likeness (QED) is 0.655. The van der Waals surface area contributed by atoms with Gasteiger partial charge in [0.05, 0.1) is 11.1 Å². The van der Waals surface area contributed by atoms with Crippen LogP contribution in [0.25, 0.3) is 11.0 Å². The van der Waals surface area contributed by atoms with E-state index >= 15 is 0 Å². The van der Waals surface area contributed by atoms with Crippen LogP contribution in [0.3, 0.4) is 0 Å². The fourth-order valence-corrected chi connectivity index (χ4v) is 4.15. The summed E-state index contributed by atoms with van der Waals surface area (Å²) in [5.41, 5.74) is 1.11. The lowest BCUT2D eigenvalue weighted by Crippen LogP contribution is -2.32. The van der Waals surface area contributed by atoms with E-state index in [1.165, 1.54) is 6.07 Å². The van der Waals surface area contributed by atoms with Crippen molar-refractivity contribution in [2.75, 3.05) is 11.4 Å². The summed E-state index contributed by atoms with van der Waals surface area (Å²) in [6, 6.07) is 16.2. The first-order chi connectivity index (χ1) is 12.1. The Labute approximate surface area is 149 Å². The molecule has 0 bridgehead atoms. The van der Waals surface area contributed by atoms with E-state index in [1.54, 1.807) is 40.9 Å². The van der Waals surface area contributed by atoms with Gasteiger partial charge >= 0.3 is 0 Å². The average Bonchev–Trinajstić information content (AvgIpc) is 2.79. The molecule has 0 spiro atoms.